The molecule has 0 aliphatic rings. The molecule has 3 aromatic carbocycles. The Bertz CT molecular complexity index is 1170. The molecular weight excluding hydrogens is 435 g/mol. The largest absolute Gasteiger partial charge is 0.361 e. The number of aromatic amines is 1. The Kier molecular flexibility index (Phi) is 8.67. The summed E-state index contributed by atoms with van der Waals surface area (Å²) in [6.45, 7) is 3.35. The molecule has 172 valence electrons. The van der Waals surface area contributed by atoms with Crippen molar-refractivity contribution >= 4 is 29.2 Å². The summed E-state index contributed by atoms with van der Waals surface area (Å²) in [6.07, 6.45) is 4.86. The molecule has 1 N–H and O–H groups in total. The van der Waals surface area contributed by atoms with E-state index in [1.54, 1.807) is 12.1 Å². The van der Waals surface area contributed by atoms with E-state index in [-0.39, 0.29) is 24.1 Å². The van der Waals surface area contributed by atoms with Crippen LogP contribution in [-0.4, -0.2) is 22.3 Å². The van der Waals surface area contributed by atoms with Crippen molar-refractivity contribution < 1.29 is 9.18 Å². The number of carbonyl (C=O) groups is 1. The second kappa shape index (κ2) is 11.7. The van der Waals surface area contributed by atoms with Crippen molar-refractivity contribution in [3.05, 3.63) is 107 Å². The zero-order valence-electron chi connectivity index (χ0n) is 18.9. The van der Waals surface area contributed by atoms with E-state index in [9.17, 15) is 9.18 Å². The first-order valence-electron chi connectivity index (χ1n) is 11.2. The number of hydrogen-bond acceptors (Lipinski definition) is 1. The highest BCUT2D eigenvalue weighted by Gasteiger charge is 2.15. The molecule has 0 spiro atoms. The van der Waals surface area contributed by atoms with Gasteiger partial charge in [0, 0.05) is 36.6 Å². The zero-order valence-corrected chi connectivity index (χ0v) is 19.7. The van der Waals surface area contributed by atoms with Gasteiger partial charge in [0.2, 0.25) is 5.91 Å². The number of para-hydroxylation sites is 1. The van der Waals surface area contributed by atoms with Crippen LogP contribution in [-0.2, 0) is 24.2 Å². The Balaban J connectivity index is 0.00000306. The Morgan fingerprint density at radius 1 is 0.909 bits per heavy atom. The third kappa shape index (κ3) is 6.69. The molecule has 1 aromatic heterocycles. The van der Waals surface area contributed by atoms with Gasteiger partial charge in [-0.25, -0.2) is 4.39 Å². The number of aryl methyl sites for hydroxylation is 2. The maximum atomic E-state index is 13.1. The Labute approximate surface area is 201 Å². The highest BCUT2D eigenvalue weighted by atomic mass is 35.5. The van der Waals surface area contributed by atoms with Crippen molar-refractivity contribution in [3.63, 3.8) is 0 Å². The lowest BCUT2D eigenvalue weighted by atomic mass is 10.1. The summed E-state index contributed by atoms with van der Waals surface area (Å²) in [4.78, 5) is 18.4. The van der Waals surface area contributed by atoms with Gasteiger partial charge in [-0.3, -0.25) is 4.79 Å². The molecule has 0 aliphatic heterocycles. The first-order valence-corrected chi connectivity index (χ1v) is 11.2. The van der Waals surface area contributed by atoms with Crippen molar-refractivity contribution in [1.29, 1.82) is 0 Å². The summed E-state index contributed by atoms with van der Waals surface area (Å²) >= 11 is 0. The van der Waals surface area contributed by atoms with Gasteiger partial charge < -0.3 is 9.88 Å². The first kappa shape index (κ1) is 24.5. The molecule has 0 fully saturated rings. The van der Waals surface area contributed by atoms with Crippen LogP contribution < -0.4 is 0 Å². The Morgan fingerprint density at radius 2 is 1.61 bits per heavy atom. The zero-order chi connectivity index (χ0) is 22.3. The minimum atomic E-state index is -0.230. The molecule has 0 bridgehead atoms. The van der Waals surface area contributed by atoms with Crippen molar-refractivity contribution in [2.45, 2.75) is 39.2 Å². The molecule has 0 saturated heterocycles. The number of nitrogens with zero attached hydrogens (tertiary/aromatic N) is 1. The summed E-state index contributed by atoms with van der Waals surface area (Å²) in [7, 11) is 0. The first-order chi connectivity index (χ1) is 15.6. The van der Waals surface area contributed by atoms with Crippen LogP contribution in [0.4, 0.5) is 4.39 Å². The molecular formula is C28H30ClFN2O. The summed E-state index contributed by atoms with van der Waals surface area (Å²) < 4.78 is 13.1. The summed E-state index contributed by atoms with van der Waals surface area (Å²) in [5, 5.41) is 1.21. The summed E-state index contributed by atoms with van der Waals surface area (Å²) in [5.74, 6) is -0.0705. The van der Waals surface area contributed by atoms with Crippen LogP contribution in [0.25, 0.3) is 10.9 Å². The molecule has 3 nitrogen and oxygen atoms in total. The Morgan fingerprint density at radius 3 is 2.36 bits per heavy atom. The second-order valence-electron chi connectivity index (χ2n) is 8.39. The molecule has 0 saturated carbocycles. The van der Waals surface area contributed by atoms with Crippen LogP contribution in [0.1, 0.15) is 35.1 Å². The van der Waals surface area contributed by atoms with Gasteiger partial charge in [0.15, 0.2) is 0 Å². The molecule has 0 radical (unpaired) electrons. The molecule has 5 heteroatoms. The lowest BCUT2D eigenvalue weighted by molar-refractivity contribution is -0.131. The average Bonchev–Trinajstić information content (AvgIpc) is 3.22. The SMILES string of the molecule is Cc1ccc(CN(CCc2c[nH]c3ccccc23)C(=O)CCCc2ccc(F)cc2)cc1.Cl. The van der Waals surface area contributed by atoms with Crippen LogP contribution in [0.2, 0.25) is 0 Å². The third-order valence-corrected chi connectivity index (χ3v) is 5.94. The standard InChI is InChI=1S/C28H29FN2O.ClH/c1-21-9-11-23(12-10-21)20-31(18-17-24-19-30-27-7-3-2-6-26(24)27)28(32)8-4-5-22-13-15-25(29)16-14-22;/h2-3,6-7,9-16,19,30H,4-5,8,17-18,20H2,1H3;1H. The van der Waals surface area contributed by atoms with E-state index in [0.29, 0.717) is 19.5 Å². The normalized spacial score (nSPS) is 10.7. The monoisotopic (exact) mass is 464 g/mol. The fraction of sp³-hybridized carbons (Fsp3) is 0.250. The number of fused-ring (bicyclic) bond motifs is 1. The number of benzene rings is 3. The van der Waals surface area contributed by atoms with Gasteiger partial charge in [0.05, 0.1) is 0 Å². The van der Waals surface area contributed by atoms with E-state index in [1.807, 2.05) is 23.2 Å². The van der Waals surface area contributed by atoms with Gasteiger partial charge >= 0.3 is 0 Å². The van der Waals surface area contributed by atoms with E-state index in [2.05, 4.69) is 48.3 Å². The van der Waals surface area contributed by atoms with Gasteiger partial charge in [-0.1, -0.05) is 60.2 Å². The van der Waals surface area contributed by atoms with Crippen LogP contribution in [0.15, 0.2) is 79.0 Å². The smallest absolute Gasteiger partial charge is 0.222 e. The van der Waals surface area contributed by atoms with E-state index < -0.39 is 0 Å². The van der Waals surface area contributed by atoms with E-state index in [1.165, 1.54) is 28.6 Å². The highest BCUT2D eigenvalue weighted by molar-refractivity contribution is 5.85. The second-order valence-corrected chi connectivity index (χ2v) is 8.39. The highest BCUT2D eigenvalue weighted by Crippen LogP contribution is 2.19. The van der Waals surface area contributed by atoms with Crippen LogP contribution >= 0.6 is 12.4 Å². The number of rotatable bonds is 9. The van der Waals surface area contributed by atoms with Crippen LogP contribution in [0.3, 0.4) is 0 Å². The van der Waals surface area contributed by atoms with Crippen molar-refractivity contribution in [1.82, 2.24) is 9.88 Å². The molecule has 0 atom stereocenters. The van der Waals surface area contributed by atoms with Crippen molar-refractivity contribution in [2.75, 3.05) is 6.54 Å². The lowest BCUT2D eigenvalue weighted by Crippen LogP contribution is -2.32. The number of carbonyl (C=O) groups excluding carboxylic acids is 1. The van der Waals surface area contributed by atoms with Crippen LogP contribution in [0.5, 0.6) is 0 Å². The minimum Gasteiger partial charge on any atom is -0.361 e. The molecule has 1 amide bonds. The number of amides is 1. The fourth-order valence-electron chi connectivity index (χ4n) is 4.05. The molecule has 0 aliphatic carbocycles. The minimum absolute atomic E-state index is 0. The number of hydrogen-bond donors (Lipinski definition) is 1. The number of nitrogens with one attached hydrogen (secondary N) is 1. The summed E-state index contributed by atoms with van der Waals surface area (Å²) in [5.41, 5.74) is 5.76. The molecule has 4 rings (SSSR count). The number of aromatic nitrogens is 1. The maximum absolute atomic E-state index is 13.1. The van der Waals surface area contributed by atoms with Crippen molar-refractivity contribution in [3.8, 4) is 0 Å². The maximum Gasteiger partial charge on any atom is 0.222 e. The quantitative estimate of drug-likeness (QED) is 0.296. The lowest BCUT2D eigenvalue weighted by Gasteiger charge is -2.23. The predicted octanol–water partition coefficient (Wildman–Crippen LogP) is 6.63. The van der Waals surface area contributed by atoms with Crippen molar-refractivity contribution in [2.24, 2.45) is 0 Å². The van der Waals surface area contributed by atoms with Gasteiger partial charge in [-0.15, -0.1) is 12.4 Å². The summed E-state index contributed by atoms with van der Waals surface area (Å²) in [6, 6.07) is 23.2. The van der Waals surface area contributed by atoms with E-state index in [0.717, 1.165) is 35.9 Å². The number of H-pyrrole nitrogens is 1. The van der Waals surface area contributed by atoms with Gasteiger partial charge in [-0.2, -0.15) is 0 Å². The molecule has 33 heavy (non-hydrogen) atoms. The van der Waals surface area contributed by atoms with Gasteiger partial charge in [0.25, 0.3) is 0 Å². The molecule has 0 unspecified atom stereocenters. The average molecular weight is 465 g/mol. The molecule has 4 aromatic rings. The number of halogens is 2. The molecule has 1 heterocycles. The topological polar surface area (TPSA) is 36.1 Å². The Hall–Kier alpha value is -3.11. The van der Waals surface area contributed by atoms with Gasteiger partial charge in [-0.05, 0) is 61.1 Å². The van der Waals surface area contributed by atoms with Gasteiger partial charge in [0.1, 0.15) is 5.82 Å². The predicted molar refractivity (Wildman–Crippen MR) is 135 cm³/mol. The third-order valence-electron chi connectivity index (χ3n) is 5.94. The fourth-order valence-corrected chi connectivity index (χ4v) is 4.05. The van der Waals surface area contributed by atoms with E-state index in [4.69, 9.17) is 0 Å². The van der Waals surface area contributed by atoms with Crippen LogP contribution in [0, 0.1) is 12.7 Å². The van der Waals surface area contributed by atoms with E-state index >= 15 is 0 Å².